The van der Waals surface area contributed by atoms with Crippen molar-refractivity contribution in [2.24, 2.45) is 0 Å². The maximum Gasteiger partial charge on any atom is 0.304 e. The number of rotatable bonds is 2. The lowest BCUT2D eigenvalue weighted by molar-refractivity contribution is -0.138. The summed E-state index contributed by atoms with van der Waals surface area (Å²) in [6.07, 6.45) is 4.58. The Labute approximate surface area is 161 Å². The minimum atomic E-state index is -0.881. The van der Waals surface area contributed by atoms with Gasteiger partial charge in [-0.15, -0.1) is 0 Å². The molecular weight excluding hydrogens is 361 g/mol. The molecule has 5 rings (SSSR count). The third-order valence-electron chi connectivity index (χ3n) is 5.97. The molecule has 2 unspecified atom stereocenters. The van der Waals surface area contributed by atoms with E-state index < -0.39 is 23.0 Å². The lowest BCUT2D eigenvalue weighted by atomic mass is 9.75. The van der Waals surface area contributed by atoms with Crippen molar-refractivity contribution in [1.29, 1.82) is 0 Å². The van der Waals surface area contributed by atoms with Crippen molar-refractivity contribution in [3.63, 3.8) is 0 Å². The van der Waals surface area contributed by atoms with Crippen molar-refractivity contribution in [2.45, 2.75) is 31.3 Å². The molecular formula is C22H18FNO4. The Balaban J connectivity index is 1.75. The summed E-state index contributed by atoms with van der Waals surface area (Å²) in [4.78, 5) is 25.5. The van der Waals surface area contributed by atoms with E-state index in [1.165, 1.54) is 12.2 Å². The zero-order valence-corrected chi connectivity index (χ0v) is 15.2. The first-order chi connectivity index (χ1) is 13.4. The molecule has 0 bridgehead atoms. The number of allylic oxidation sites excluding steroid dienone is 4. The number of nitrogens with zero attached hydrogens (tertiary/aromatic N) is 1. The maximum atomic E-state index is 13.8. The zero-order valence-electron chi connectivity index (χ0n) is 15.2. The van der Waals surface area contributed by atoms with Crippen LogP contribution in [0, 0.1) is 0 Å². The van der Waals surface area contributed by atoms with Gasteiger partial charge in [-0.2, -0.15) is 0 Å². The number of hydrogen-bond donors (Lipinski definition) is 1. The average molecular weight is 379 g/mol. The van der Waals surface area contributed by atoms with E-state index in [4.69, 9.17) is 4.74 Å². The molecule has 3 aliphatic heterocycles. The Kier molecular flexibility index (Phi) is 3.44. The van der Waals surface area contributed by atoms with E-state index in [1.807, 2.05) is 37.3 Å². The van der Waals surface area contributed by atoms with Crippen molar-refractivity contribution in [3.05, 3.63) is 76.5 Å². The Morgan fingerprint density at radius 3 is 2.89 bits per heavy atom. The van der Waals surface area contributed by atoms with Crippen molar-refractivity contribution in [3.8, 4) is 0 Å². The van der Waals surface area contributed by atoms with E-state index in [2.05, 4.69) is 4.90 Å². The SMILES string of the molecule is CC1(CC(=O)O)C2=C3C=C4C=C(F)C(=O)C=C4OC3CCN2c2ccccc21. The number of para-hydroxylation sites is 1. The van der Waals surface area contributed by atoms with Gasteiger partial charge in [0.05, 0.1) is 6.42 Å². The minimum absolute atomic E-state index is 0.0549. The van der Waals surface area contributed by atoms with Gasteiger partial charge in [0.25, 0.3) is 0 Å². The number of fused-ring (bicyclic) bond motifs is 5. The van der Waals surface area contributed by atoms with E-state index in [0.717, 1.165) is 22.5 Å². The highest BCUT2D eigenvalue weighted by Crippen LogP contribution is 2.54. The highest BCUT2D eigenvalue weighted by Gasteiger charge is 2.50. The van der Waals surface area contributed by atoms with Gasteiger partial charge in [-0.25, -0.2) is 4.39 Å². The van der Waals surface area contributed by atoms with Crippen LogP contribution in [-0.4, -0.2) is 29.5 Å². The van der Waals surface area contributed by atoms with Crippen molar-refractivity contribution >= 4 is 17.4 Å². The Morgan fingerprint density at radius 2 is 2.11 bits per heavy atom. The second-order valence-electron chi connectivity index (χ2n) is 7.74. The summed E-state index contributed by atoms with van der Waals surface area (Å²) < 4.78 is 19.9. The van der Waals surface area contributed by atoms with Crippen LogP contribution in [0.2, 0.25) is 0 Å². The second-order valence-corrected chi connectivity index (χ2v) is 7.74. The molecule has 5 nitrogen and oxygen atoms in total. The van der Waals surface area contributed by atoms with Crippen LogP contribution in [-0.2, 0) is 19.7 Å². The largest absolute Gasteiger partial charge is 0.485 e. The highest BCUT2D eigenvalue weighted by molar-refractivity contribution is 6.05. The normalized spacial score (nSPS) is 27.6. The van der Waals surface area contributed by atoms with Crippen LogP contribution in [0.25, 0.3) is 0 Å². The first-order valence-electron chi connectivity index (χ1n) is 9.24. The fourth-order valence-electron chi connectivity index (χ4n) is 4.83. The molecule has 142 valence electrons. The summed E-state index contributed by atoms with van der Waals surface area (Å²) in [5.74, 6) is -2.01. The smallest absolute Gasteiger partial charge is 0.304 e. The van der Waals surface area contributed by atoms with Gasteiger partial charge in [0.1, 0.15) is 11.9 Å². The fourth-order valence-corrected chi connectivity index (χ4v) is 4.83. The molecule has 0 fully saturated rings. The molecule has 0 saturated heterocycles. The Morgan fingerprint density at radius 1 is 1.32 bits per heavy atom. The summed E-state index contributed by atoms with van der Waals surface area (Å²) in [7, 11) is 0. The van der Waals surface area contributed by atoms with Crippen LogP contribution in [0.5, 0.6) is 0 Å². The van der Waals surface area contributed by atoms with Gasteiger partial charge in [-0.3, -0.25) is 9.59 Å². The molecule has 0 amide bonds. The number of aliphatic carboxylic acids is 1. The molecule has 1 N–H and O–H groups in total. The van der Waals surface area contributed by atoms with E-state index in [1.54, 1.807) is 0 Å². The molecule has 1 aliphatic carbocycles. The summed E-state index contributed by atoms with van der Waals surface area (Å²) in [5, 5.41) is 9.61. The van der Waals surface area contributed by atoms with Crippen molar-refractivity contribution < 1.29 is 23.8 Å². The van der Waals surface area contributed by atoms with Crippen LogP contribution < -0.4 is 4.90 Å². The number of ketones is 1. The van der Waals surface area contributed by atoms with Gasteiger partial charge in [0.15, 0.2) is 5.83 Å². The van der Waals surface area contributed by atoms with Gasteiger partial charge in [0, 0.05) is 47.0 Å². The van der Waals surface area contributed by atoms with E-state index in [-0.39, 0.29) is 12.5 Å². The van der Waals surface area contributed by atoms with Crippen molar-refractivity contribution in [2.75, 3.05) is 11.4 Å². The second kappa shape index (κ2) is 5.67. The Hall–Kier alpha value is -3.15. The average Bonchev–Trinajstić information content (AvgIpc) is 2.90. The van der Waals surface area contributed by atoms with Crippen LogP contribution in [0.4, 0.5) is 10.1 Å². The number of halogens is 1. The van der Waals surface area contributed by atoms with Crippen LogP contribution >= 0.6 is 0 Å². The summed E-state index contributed by atoms with van der Waals surface area (Å²) in [6, 6.07) is 7.84. The fraction of sp³-hybridized carbons (Fsp3) is 0.273. The van der Waals surface area contributed by atoms with Gasteiger partial charge in [0.2, 0.25) is 5.78 Å². The molecule has 0 aromatic heterocycles. The molecule has 0 saturated carbocycles. The van der Waals surface area contributed by atoms with Crippen LogP contribution in [0.15, 0.2) is 70.9 Å². The molecule has 6 heteroatoms. The monoisotopic (exact) mass is 379 g/mol. The van der Waals surface area contributed by atoms with Gasteiger partial charge in [-0.05, 0) is 30.7 Å². The first-order valence-corrected chi connectivity index (χ1v) is 9.24. The third kappa shape index (κ3) is 2.24. The molecule has 4 aliphatic rings. The molecule has 1 aromatic rings. The number of carboxylic acids is 1. The molecule has 0 spiro atoms. The summed E-state index contributed by atoms with van der Waals surface area (Å²) >= 11 is 0. The number of anilines is 1. The molecule has 28 heavy (non-hydrogen) atoms. The minimum Gasteiger partial charge on any atom is -0.485 e. The number of carbonyl (C=O) groups excluding carboxylic acids is 1. The molecule has 0 radical (unpaired) electrons. The first kappa shape index (κ1) is 17.0. The quantitative estimate of drug-likeness (QED) is 0.851. The number of hydrogen-bond acceptors (Lipinski definition) is 4. The highest BCUT2D eigenvalue weighted by atomic mass is 19.1. The number of carboxylic acid groups (broad SMARTS) is 1. The molecule has 2 atom stereocenters. The maximum absolute atomic E-state index is 13.8. The standard InChI is InChI=1S/C22H18FNO4/c1-22(11-20(26)27)14-4-2-3-5-16(14)24-7-6-18-13(21(22)24)8-12-9-15(23)17(25)10-19(12)28-18/h2-5,8-10,18H,6-7,11H2,1H3,(H,26,27). The molecule has 3 heterocycles. The lowest BCUT2D eigenvalue weighted by Crippen LogP contribution is -2.41. The Bertz CT molecular complexity index is 1060. The van der Waals surface area contributed by atoms with E-state index in [0.29, 0.717) is 24.3 Å². The van der Waals surface area contributed by atoms with Gasteiger partial charge < -0.3 is 14.7 Å². The van der Waals surface area contributed by atoms with Crippen LogP contribution in [0.1, 0.15) is 25.3 Å². The lowest BCUT2D eigenvalue weighted by Gasteiger charge is -2.40. The summed E-state index contributed by atoms with van der Waals surface area (Å²) in [6.45, 7) is 2.62. The predicted octanol–water partition coefficient (Wildman–Crippen LogP) is 3.54. The third-order valence-corrected chi connectivity index (χ3v) is 5.97. The number of benzene rings is 1. The number of carbonyl (C=O) groups is 2. The van der Waals surface area contributed by atoms with Crippen LogP contribution in [0.3, 0.4) is 0 Å². The predicted molar refractivity (Wildman–Crippen MR) is 100 cm³/mol. The van der Waals surface area contributed by atoms with Gasteiger partial charge in [-0.1, -0.05) is 18.2 Å². The van der Waals surface area contributed by atoms with Gasteiger partial charge >= 0.3 is 5.97 Å². The van der Waals surface area contributed by atoms with E-state index in [9.17, 15) is 19.1 Å². The molecule has 1 aromatic carbocycles. The zero-order chi connectivity index (χ0) is 19.6. The van der Waals surface area contributed by atoms with E-state index >= 15 is 0 Å². The topological polar surface area (TPSA) is 66.8 Å². The number of ether oxygens (including phenoxy) is 1. The van der Waals surface area contributed by atoms with Crippen molar-refractivity contribution in [1.82, 2.24) is 0 Å². The summed E-state index contributed by atoms with van der Waals surface area (Å²) in [5.41, 5.74) is 3.52.